The number of methoxy groups -OCH3 is 1. The van der Waals surface area contributed by atoms with E-state index in [1.807, 2.05) is 31.2 Å². The number of pyridine rings is 1. The number of carbonyl (C=O) groups excluding carboxylic acids is 2. The molecule has 1 aromatic carbocycles. The number of ether oxygens (including phenoxy) is 1. The van der Waals surface area contributed by atoms with Crippen molar-refractivity contribution in [2.24, 2.45) is 5.92 Å². The van der Waals surface area contributed by atoms with E-state index in [0.717, 1.165) is 11.1 Å². The molecule has 0 aliphatic carbocycles. The lowest BCUT2D eigenvalue weighted by molar-refractivity contribution is -0.145. The van der Waals surface area contributed by atoms with Crippen molar-refractivity contribution in [3.05, 3.63) is 58.9 Å². The van der Waals surface area contributed by atoms with Crippen LogP contribution in [0.3, 0.4) is 0 Å². The smallest absolute Gasteiger partial charge is 0.319 e. The van der Waals surface area contributed by atoms with E-state index in [0.29, 0.717) is 12.1 Å². The zero-order valence-electron chi connectivity index (χ0n) is 14.1. The van der Waals surface area contributed by atoms with Crippen molar-refractivity contribution in [1.29, 1.82) is 0 Å². The van der Waals surface area contributed by atoms with Gasteiger partial charge in [0.25, 0.3) is 0 Å². The Morgan fingerprint density at radius 1 is 1.28 bits per heavy atom. The first-order chi connectivity index (χ1) is 12.0. The first-order valence-electron chi connectivity index (χ1n) is 7.78. The van der Waals surface area contributed by atoms with E-state index < -0.39 is 11.9 Å². The zero-order valence-corrected chi connectivity index (χ0v) is 14.8. The molecule has 7 heteroatoms. The van der Waals surface area contributed by atoms with E-state index in [9.17, 15) is 9.59 Å². The third kappa shape index (κ3) is 5.76. The SMILES string of the molecule is COC(=O)C(CNC(=O)Nc1cccnc1Cl)Cc1cccc(C)c1. The highest BCUT2D eigenvalue weighted by Crippen LogP contribution is 2.17. The number of anilines is 1. The largest absolute Gasteiger partial charge is 0.469 e. The molecule has 0 aliphatic heterocycles. The van der Waals surface area contributed by atoms with Crippen LogP contribution in [0, 0.1) is 12.8 Å². The van der Waals surface area contributed by atoms with Crippen LogP contribution in [0.25, 0.3) is 0 Å². The molecule has 2 N–H and O–H groups in total. The summed E-state index contributed by atoms with van der Waals surface area (Å²) in [5.74, 6) is -0.858. The molecular weight excluding hydrogens is 342 g/mol. The molecule has 132 valence electrons. The van der Waals surface area contributed by atoms with Crippen molar-refractivity contribution in [3.8, 4) is 0 Å². The van der Waals surface area contributed by atoms with Crippen molar-refractivity contribution < 1.29 is 14.3 Å². The number of carbonyl (C=O) groups is 2. The summed E-state index contributed by atoms with van der Waals surface area (Å²) in [7, 11) is 1.33. The zero-order chi connectivity index (χ0) is 18.2. The first-order valence-corrected chi connectivity index (χ1v) is 8.16. The van der Waals surface area contributed by atoms with Gasteiger partial charge in [-0.2, -0.15) is 0 Å². The molecule has 2 amide bonds. The van der Waals surface area contributed by atoms with Crippen LogP contribution in [0.15, 0.2) is 42.6 Å². The number of nitrogens with zero attached hydrogens (tertiary/aromatic N) is 1. The fourth-order valence-electron chi connectivity index (χ4n) is 2.39. The van der Waals surface area contributed by atoms with E-state index in [1.54, 1.807) is 12.1 Å². The van der Waals surface area contributed by atoms with Crippen LogP contribution in [0.5, 0.6) is 0 Å². The standard InChI is InChI=1S/C18H20ClN3O3/c1-12-5-3-6-13(9-12)10-14(17(23)25-2)11-21-18(24)22-15-7-4-8-20-16(15)19/h3-9,14H,10-11H2,1-2H3,(H2,21,22,24). The number of amides is 2. The molecule has 25 heavy (non-hydrogen) atoms. The third-order valence-corrected chi connectivity index (χ3v) is 3.92. The third-order valence-electron chi connectivity index (χ3n) is 3.62. The molecule has 0 saturated carbocycles. The number of aryl methyl sites for hydroxylation is 1. The Morgan fingerprint density at radius 2 is 2.08 bits per heavy atom. The maximum Gasteiger partial charge on any atom is 0.319 e. The Bertz CT molecular complexity index is 752. The van der Waals surface area contributed by atoms with Gasteiger partial charge in [0.05, 0.1) is 18.7 Å². The molecule has 0 spiro atoms. The molecule has 1 atom stereocenters. The predicted molar refractivity (Wildman–Crippen MR) is 96.7 cm³/mol. The first kappa shape index (κ1) is 18.7. The Labute approximate surface area is 151 Å². The van der Waals surface area contributed by atoms with Crippen LogP contribution in [-0.4, -0.2) is 30.6 Å². The van der Waals surface area contributed by atoms with Crippen molar-refractivity contribution in [3.63, 3.8) is 0 Å². The fraction of sp³-hybridized carbons (Fsp3) is 0.278. The number of rotatable bonds is 6. The monoisotopic (exact) mass is 361 g/mol. The Hall–Kier alpha value is -2.60. The van der Waals surface area contributed by atoms with Crippen LogP contribution >= 0.6 is 11.6 Å². The second-order valence-electron chi connectivity index (χ2n) is 5.59. The van der Waals surface area contributed by atoms with Gasteiger partial charge in [0.1, 0.15) is 0 Å². The molecular formula is C18H20ClN3O3. The van der Waals surface area contributed by atoms with Crippen molar-refractivity contribution in [2.45, 2.75) is 13.3 Å². The van der Waals surface area contributed by atoms with Gasteiger partial charge in [-0.1, -0.05) is 41.4 Å². The number of urea groups is 1. The maximum absolute atomic E-state index is 12.0. The summed E-state index contributed by atoms with van der Waals surface area (Å²) in [5, 5.41) is 5.47. The number of hydrogen-bond acceptors (Lipinski definition) is 4. The minimum absolute atomic E-state index is 0.143. The number of aromatic nitrogens is 1. The number of nitrogens with one attached hydrogen (secondary N) is 2. The predicted octanol–water partition coefficient (Wildman–Crippen LogP) is 3.20. The van der Waals surface area contributed by atoms with E-state index >= 15 is 0 Å². The quantitative estimate of drug-likeness (QED) is 0.611. The van der Waals surface area contributed by atoms with E-state index in [4.69, 9.17) is 16.3 Å². The van der Waals surface area contributed by atoms with E-state index in [2.05, 4.69) is 15.6 Å². The summed E-state index contributed by atoms with van der Waals surface area (Å²) in [4.78, 5) is 27.9. The molecule has 1 heterocycles. The second-order valence-corrected chi connectivity index (χ2v) is 5.95. The number of halogens is 1. The molecule has 1 aromatic heterocycles. The van der Waals surface area contributed by atoms with Crippen LogP contribution in [0.4, 0.5) is 10.5 Å². The highest BCUT2D eigenvalue weighted by Gasteiger charge is 2.21. The summed E-state index contributed by atoms with van der Waals surface area (Å²) in [6.07, 6.45) is 2.00. The Balaban J connectivity index is 1.96. The van der Waals surface area contributed by atoms with Crippen molar-refractivity contribution >= 4 is 29.3 Å². The molecule has 2 aromatic rings. The molecule has 0 bridgehead atoms. The minimum Gasteiger partial charge on any atom is -0.469 e. The van der Waals surface area contributed by atoms with E-state index in [1.165, 1.54) is 13.3 Å². The molecule has 0 fully saturated rings. The summed E-state index contributed by atoms with van der Waals surface area (Å²) in [6.45, 7) is 2.13. The highest BCUT2D eigenvalue weighted by atomic mass is 35.5. The van der Waals surface area contributed by atoms with Crippen molar-refractivity contribution in [1.82, 2.24) is 10.3 Å². The van der Waals surface area contributed by atoms with Crippen LogP contribution in [0.1, 0.15) is 11.1 Å². The summed E-state index contributed by atoms with van der Waals surface area (Å²) in [5.41, 5.74) is 2.51. The Morgan fingerprint density at radius 3 is 2.76 bits per heavy atom. The lowest BCUT2D eigenvalue weighted by Gasteiger charge is -2.16. The van der Waals surface area contributed by atoms with Gasteiger partial charge in [0.15, 0.2) is 5.15 Å². The van der Waals surface area contributed by atoms with Crippen molar-refractivity contribution in [2.75, 3.05) is 19.0 Å². The van der Waals surface area contributed by atoms with Gasteiger partial charge in [0, 0.05) is 12.7 Å². The van der Waals surface area contributed by atoms with Gasteiger partial charge in [-0.15, -0.1) is 0 Å². The summed E-state index contributed by atoms with van der Waals surface area (Å²) < 4.78 is 4.84. The molecule has 2 rings (SSSR count). The second kappa shape index (κ2) is 9.03. The van der Waals surface area contributed by atoms with Gasteiger partial charge in [-0.3, -0.25) is 4.79 Å². The lowest BCUT2D eigenvalue weighted by Crippen LogP contribution is -2.37. The molecule has 0 saturated heterocycles. The fourth-order valence-corrected chi connectivity index (χ4v) is 2.56. The van der Waals surface area contributed by atoms with Crippen LogP contribution in [0.2, 0.25) is 5.15 Å². The van der Waals surface area contributed by atoms with Crippen LogP contribution < -0.4 is 10.6 Å². The molecule has 6 nitrogen and oxygen atoms in total. The average Bonchev–Trinajstić information content (AvgIpc) is 2.60. The Kier molecular flexibility index (Phi) is 6.77. The number of benzene rings is 1. The summed E-state index contributed by atoms with van der Waals surface area (Å²) in [6, 6.07) is 10.7. The van der Waals surface area contributed by atoms with Crippen LogP contribution in [-0.2, 0) is 16.0 Å². The topological polar surface area (TPSA) is 80.3 Å². The maximum atomic E-state index is 12.0. The molecule has 1 unspecified atom stereocenters. The molecule has 0 radical (unpaired) electrons. The average molecular weight is 362 g/mol. The minimum atomic E-state index is -0.484. The lowest BCUT2D eigenvalue weighted by atomic mass is 9.98. The summed E-state index contributed by atoms with van der Waals surface area (Å²) >= 11 is 5.90. The highest BCUT2D eigenvalue weighted by molar-refractivity contribution is 6.32. The van der Waals surface area contributed by atoms with Gasteiger partial charge in [-0.25, -0.2) is 9.78 Å². The van der Waals surface area contributed by atoms with Gasteiger partial charge in [-0.05, 0) is 31.0 Å². The normalized spacial score (nSPS) is 11.5. The number of hydrogen-bond donors (Lipinski definition) is 2. The molecule has 0 aliphatic rings. The van der Waals surface area contributed by atoms with Gasteiger partial charge >= 0.3 is 12.0 Å². The number of esters is 1. The van der Waals surface area contributed by atoms with Gasteiger partial charge in [0.2, 0.25) is 0 Å². The van der Waals surface area contributed by atoms with E-state index in [-0.39, 0.29) is 17.7 Å². The van der Waals surface area contributed by atoms with Gasteiger partial charge < -0.3 is 15.4 Å².